The van der Waals surface area contributed by atoms with Gasteiger partial charge in [-0.1, -0.05) is 24.3 Å². The fourth-order valence-electron chi connectivity index (χ4n) is 2.54. The highest BCUT2D eigenvalue weighted by atomic mass is 16.5. The SMILES string of the molecule is NCCOCCn1c(-c2cccc(N)c2)nc2ccccc21. The molecule has 0 amide bonds. The number of anilines is 1. The fraction of sp³-hybridized carbons (Fsp3) is 0.235. The molecule has 0 unspecified atom stereocenters. The van der Waals surface area contributed by atoms with Gasteiger partial charge >= 0.3 is 0 Å². The molecule has 2 aromatic carbocycles. The number of nitrogens with two attached hydrogens (primary N) is 2. The van der Waals surface area contributed by atoms with E-state index in [1.807, 2.05) is 42.5 Å². The quantitative estimate of drug-likeness (QED) is 0.540. The van der Waals surface area contributed by atoms with E-state index in [0.29, 0.717) is 19.8 Å². The molecule has 3 rings (SSSR count). The summed E-state index contributed by atoms with van der Waals surface area (Å²) in [6.07, 6.45) is 0. The van der Waals surface area contributed by atoms with Gasteiger partial charge in [0, 0.05) is 24.3 Å². The normalized spacial score (nSPS) is 11.1. The number of para-hydroxylation sites is 2. The van der Waals surface area contributed by atoms with Crippen LogP contribution in [0, 0.1) is 0 Å². The molecule has 3 aromatic rings. The van der Waals surface area contributed by atoms with Crippen LogP contribution in [0.5, 0.6) is 0 Å². The van der Waals surface area contributed by atoms with Crippen molar-refractivity contribution in [1.29, 1.82) is 0 Å². The molecule has 0 spiro atoms. The Labute approximate surface area is 129 Å². The molecule has 0 saturated heterocycles. The first-order chi connectivity index (χ1) is 10.8. The molecule has 1 aromatic heterocycles. The van der Waals surface area contributed by atoms with Crippen LogP contribution in [0.2, 0.25) is 0 Å². The smallest absolute Gasteiger partial charge is 0.141 e. The second-order valence-electron chi connectivity index (χ2n) is 5.10. The van der Waals surface area contributed by atoms with Gasteiger partial charge in [-0.15, -0.1) is 0 Å². The molecule has 0 bridgehead atoms. The minimum atomic E-state index is 0.534. The highest BCUT2D eigenvalue weighted by molar-refractivity contribution is 5.81. The third-order valence-corrected chi connectivity index (χ3v) is 3.52. The molecule has 0 aliphatic heterocycles. The van der Waals surface area contributed by atoms with Crippen molar-refractivity contribution in [3.05, 3.63) is 48.5 Å². The Bertz CT molecular complexity index is 766. The number of hydrogen-bond acceptors (Lipinski definition) is 4. The molecule has 0 atom stereocenters. The average Bonchev–Trinajstić information content (AvgIpc) is 2.90. The maximum atomic E-state index is 5.90. The Balaban J connectivity index is 2.00. The van der Waals surface area contributed by atoms with E-state index in [9.17, 15) is 0 Å². The number of hydrogen-bond donors (Lipinski definition) is 2. The highest BCUT2D eigenvalue weighted by Gasteiger charge is 2.12. The first-order valence-electron chi connectivity index (χ1n) is 7.38. The van der Waals surface area contributed by atoms with E-state index in [4.69, 9.17) is 21.2 Å². The average molecular weight is 296 g/mol. The molecule has 0 fully saturated rings. The van der Waals surface area contributed by atoms with Gasteiger partial charge in [0.2, 0.25) is 0 Å². The number of fused-ring (bicyclic) bond motifs is 1. The minimum Gasteiger partial charge on any atom is -0.399 e. The number of ether oxygens (including phenoxy) is 1. The van der Waals surface area contributed by atoms with E-state index in [2.05, 4.69) is 10.6 Å². The molecule has 1 heterocycles. The van der Waals surface area contributed by atoms with E-state index >= 15 is 0 Å². The van der Waals surface area contributed by atoms with Crippen LogP contribution >= 0.6 is 0 Å². The van der Waals surface area contributed by atoms with E-state index in [0.717, 1.165) is 34.7 Å². The highest BCUT2D eigenvalue weighted by Crippen LogP contribution is 2.25. The maximum absolute atomic E-state index is 5.90. The van der Waals surface area contributed by atoms with Crippen molar-refractivity contribution >= 4 is 16.7 Å². The van der Waals surface area contributed by atoms with E-state index in [1.54, 1.807) is 0 Å². The Morgan fingerprint density at radius 1 is 1.05 bits per heavy atom. The first kappa shape index (κ1) is 14.6. The summed E-state index contributed by atoms with van der Waals surface area (Å²) in [5.74, 6) is 0.907. The van der Waals surface area contributed by atoms with Crippen LogP contribution in [0.3, 0.4) is 0 Å². The van der Waals surface area contributed by atoms with Crippen LogP contribution in [-0.4, -0.2) is 29.3 Å². The van der Waals surface area contributed by atoms with Crippen LogP contribution < -0.4 is 11.5 Å². The largest absolute Gasteiger partial charge is 0.399 e. The standard InChI is InChI=1S/C17H20N4O/c18-8-10-22-11-9-21-16-7-2-1-6-15(16)20-17(21)13-4-3-5-14(19)12-13/h1-7,12H,8-11,18-19H2. The van der Waals surface area contributed by atoms with Crippen molar-refractivity contribution in [3.8, 4) is 11.4 Å². The Morgan fingerprint density at radius 3 is 2.73 bits per heavy atom. The first-order valence-corrected chi connectivity index (χ1v) is 7.38. The summed E-state index contributed by atoms with van der Waals surface area (Å²) >= 11 is 0. The van der Waals surface area contributed by atoms with Crippen LogP contribution in [-0.2, 0) is 11.3 Å². The van der Waals surface area contributed by atoms with Crippen LogP contribution in [0.4, 0.5) is 5.69 Å². The molecule has 114 valence electrons. The van der Waals surface area contributed by atoms with Gasteiger partial charge in [0.25, 0.3) is 0 Å². The third-order valence-electron chi connectivity index (χ3n) is 3.52. The van der Waals surface area contributed by atoms with Gasteiger partial charge in [0.05, 0.1) is 24.2 Å². The topological polar surface area (TPSA) is 79.1 Å². The van der Waals surface area contributed by atoms with Gasteiger partial charge in [0.1, 0.15) is 5.82 Å². The summed E-state index contributed by atoms with van der Waals surface area (Å²) in [5, 5.41) is 0. The number of nitrogens with zero attached hydrogens (tertiary/aromatic N) is 2. The summed E-state index contributed by atoms with van der Waals surface area (Å²) in [7, 11) is 0. The van der Waals surface area contributed by atoms with Crippen LogP contribution in [0.1, 0.15) is 0 Å². The Morgan fingerprint density at radius 2 is 1.91 bits per heavy atom. The molecule has 5 heteroatoms. The molecule has 0 aliphatic rings. The van der Waals surface area contributed by atoms with Gasteiger partial charge in [-0.2, -0.15) is 0 Å². The lowest BCUT2D eigenvalue weighted by molar-refractivity contribution is 0.134. The molecular formula is C17H20N4O. The molecule has 22 heavy (non-hydrogen) atoms. The summed E-state index contributed by atoms with van der Waals surface area (Å²) in [5.41, 5.74) is 15.2. The molecular weight excluding hydrogens is 276 g/mol. The molecule has 4 N–H and O–H groups in total. The van der Waals surface area contributed by atoms with Crippen molar-refractivity contribution in [2.24, 2.45) is 5.73 Å². The lowest BCUT2D eigenvalue weighted by Crippen LogP contribution is -2.13. The van der Waals surface area contributed by atoms with Crippen molar-refractivity contribution in [2.45, 2.75) is 6.54 Å². The summed E-state index contributed by atoms with van der Waals surface area (Å²) in [6, 6.07) is 15.9. The van der Waals surface area contributed by atoms with Crippen molar-refractivity contribution in [2.75, 3.05) is 25.5 Å². The number of benzene rings is 2. The van der Waals surface area contributed by atoms with Crippen molar-refractivity contribution in [3.63, 3.8) is 0 Å². The number of nitrogen functional groups attached to an aromatic ring is 1. The summed E-state index contributed by atoms with van der Waals surface area (Å²) in [6.45, 7) is 2.44. The van der Waals surface area contributed by atoms with E-state index < -0.39 is 0 Å². The number of imidazole rings is 1. The van der Waals surface area contributed by atoms with E-state index in [1.165, 1.54) is 0 Å². The van der Waals surface area contributed by atoms with Crippen molar-refractivity contribution < 1.29 is 4.74 Å². The Hall–Kier alpha value is -2.37. The van der Waals surface area contributed by atoms with Gasteiger partial charge in [-0.25, -0.2) is 4.98 Å². The van der Waals surface area contributed by atoms with Crippen molar-refractivity contribution in [1.82, 2.24) is 9.55 Å². The van der Waals surface area contributed by atoms with Gasteiger partial charge in [-0.05, 0) is 24.3 Å². The molecule has 0 aliphatic carbocycles. The predicted molar refractivity (Wildman–Crippen MR) is 89.5 cm³/mol. The molecule has 5 nitrogen and oxygen atoms in total. The zero-order chi connectivity index (χ0) is 15.4. The van der Waals surface area contributed by atoms with Gasteiger partial charge in [-0.3, -0.25) is 0 Å². The number of rotatable bonds is 6. The molecule has 0 saturated carbocycles. The zero-order valence-electron chi connectivity index (χ0n) is 12.4. The monoisotopic (exact) mass is 296 g/mol. The Kier molecular flexibility index (Phi) is 4.37. The number of aromatic nitrogens is 2. The summed E-state index contributed by atoms with van der Waals surface area (Å²) < 4.78 is 7.69. The lowest BCUT2D eigenvalue weighted by Gasteiger charge is -2.10. The second kappa shape index (κ2) is 6.60. The second-order valence-corrected chi connectivity index (χ2v) is 5.10. The fourth-order valence-corrected chi connectivity index (χ4v) is 2.54. The molecule has 0 radical (unpaired) electrons. The van der Waals surface area contributed by atoms with Gasteiger partial charge < -0.3 is 20.8 Å². The lowest BCUT2D eigenvalue weighted by atomic mass is 10.2. The van der Waals surface area contributed by atoms with Gasteiger partial charge in [0.15, 0.2) is 0 Å². The summed E-state index contributed by atoms with van der Waals surface area (Å²) in [4.78, 5) is 4.75. The maximum Gasteiger partial charge on any atom is 0.141 e. The van der Waals surface area contributed by atoms with Crippen LogP contribution in [0.15, 0.2) is 48.5 Å². The van der Waals surface area contributed by atoms with E-state index in [-0.39, 0.29) is 0 Å². The minimum absolute atomic E-state index is 0.534. The zero-order valence-corrected chi connectivity index (χ0v) is 12.4. The predicted octanol–water partition coefficient (Wildman–Crippen LogP) is 2.26. The third kappa shape index (κ3) is 2.95. The van der Waals surface area contributed by atoms with Crippen LogP contribution in [0.25, 0.3) is 22.4 Å².